The largest absolute Gasteiger partial charge is 0.314 e. The van der Waals surface area contributed by atoms with Gasteiger partial charge in [0.25, 0.3) is 6.43 Å². The standard InChI is InChI=1S/C12H22F2N2/c13-12(14)8-16-11-6-3-4-9(11)10-5-1-2-7-15-10/h9-12,15-16H,1-8H2. The Morgan fingerprint density at radius 3 is 2.69 bits per heavy atom. The van der Waals surface area contributed by atoms with Crippen molar-refractivity contribution in [2.24, 2.45) is 5.92 Å². The van der Waals surface area contributed by atoms with Crippen molar-refractivity contribution in [2.45, 2.75) is 57.0 Å². The van der Waals surface area contributed by atoms with E-state index in [0.29, 0.717) is 18.0 Å². The van der Waals surface area contributed by atoms with Crippen molar-refractivity contribution in [3.8, 4) is 0 Å². The molecule has 1 saturated carbocycles. The van der Waals surface area contributed by atoms with Crippen LogP contribution in [0.5, 0.6) is 0 Å². The molecule has 3 atom stereocenters. The molecular formula is C12H22F2N2. The predicted octanol–water partition coefficient (Wildman–Crippen LogP) is 2.15. The second-order valence-electron chi connectivity index (χ2n) is 5.06. The zero-order valence-corrected chi connectivity index (χ0v) is 9.72. The van der Waals surface area contributed by atoms with Gasteiger partial charge in [-0.15, -0.1) is 0 Å². The van der Waals surface area contributed by atoms with Gasteiger partial charge in [-0.25, -0.2) is 8.78 Å². The molecule has 1 aliphatic heterocycles. The van der Waals surface area contributed by atoms with E-state index in [1.54, 1.807) is 0 Å². The molecule has 16 heavy (non-hydrogen) atoms. The molecule has 94 valence electrons. The van der Waals surface area contributed by atoms with Gasteiger partial charge in [-0.1, -0.05) is 12.8 Å². The van der Waals surface area contributed by atoms with Crippen LogP contribution in [0.2, 0.25) is 0 Å². The Balaban J connectivity index is 1.82. The number of hydrogen-bond acceptors (Lipinski definition) is 2. The molecule has 0 amide bonds. The monoisotopic (exact) mass is 232 g/mol. The van der Waals surface area contributed by atoms with E-state index >= 15 is 0 Å². The van der Waals surface area contributed by atoms with Crippen molar-refractivity contribution in [1.82, 2.24) is 10.6 Å². The van der Waals surface area contributed by atoms with Crippen LogP contribution in [-0.4, -0.2) is 31.6 Å². The SMILES string of the molecule is FC(F)CNC1CCCC1C1CCCCN1. The van der Waals surface area contributed by atoms with Crippen molar-refractivity contribution in [1.29, 1.82) is 0 Å². The number of alkyl halides is 2. The molecule has 1 aliphatic carbocycles. The van der Waals surface area contributed by atoms with Crippen LogP contribution in [-0.2, 0) is 0 Å². The average molecular weight is 232 g/mol. The predicted molar refractivity (Wildman–Crippen MR) is 60.8 cm³/mol. The third-order valence-corrected chi connectivity index (χ3v) is 3.97. The third kappa shape index (κ3) is 3.14. The molecule has 2 fully saturated rings. The van der Waals surface area contributed by atoms with Gasteiger partial charge >= 0.3 is 0 Å². The first-order valence-corrected chi connectivity index (χ1v) is 6.52. The maximum atomic E-state index is 12.2. The molecule has 0 spiro atoms. The number of nitrogens with one attached hydrogen (secondary N) is 2. The van der Waals surface area contributed by atoms with Crippen molar-refractivity contribution >= 4 is 0 Å². The maximum absolute atomic E-state index is 12.2. The smallest absolute Gasteiger partial charge is 0.250 e. The highest BCUT2D eigenvalue weighted by molar-refractivity contribution is 4.92. The highest BCUT2D eigenvalue weighted by Crippen LogP contribution is 2.31. The average Bonchev–Trinajstić information content (AvgIpc) is 2.75. The zero-order chi connectivity index (χ0) is 11.4. The van der Waals surface area contributed by atoms with E-state index in [4.69, 9.17) is 0 Å². The van der Waals surface area contributed by atoms with Gasteiger partial charge in [-0.05, 0) is 38.1 Å². The lowest BCUT2D eigenvalue weighted by atomic mass is 9.88. The van der Waals surface area contributed by atoms with Crippen LogP contribution in [0, 0.1) is 5.92 Å². The second-order valence-corrected chi connectivity index (χ2v) is 5.06. The molecule has 1 heterocycles. The topological polar surface area (TPSA) is 24.1 Å². The number of hydrogen-bond donors (Lipinski definition) is 2. The molecule has 3 unspecified atom stereocenters. The van der Waals surface area contributed by atoms with Crippen molar-refractivity contribution in [3.05, 3.63) is 0 Å². The van der Waals surface area contributed by atoms with Gasteiger partial charge in [-0.3, -0.25) is 0 Å². The number of rotatable bonds is 4. The fraction of sp³-hybridized carbons (Fsp3) is 1.00. The minimum Gasteiger partial charge on any atom is -0.314 e. The van der Waals surface area contributed by atoms with Gasteiger partial charge in [0, 0.05) is 12.1 Å². The molecule has 0 bridgehead atoms. The summed E-state index contributed by atoms with van der Waals surface area (Å²) in [7, 11) is 0. The Morgan fingerprint density at radius 1 is 1.12 bits per heavy atom. The first-order valence-electron chi connectivity index (χ1n) is 6.52. The van der Waals surface area contributed by atoms with Gasteiger partial charge in [0.2, 0.25) is 0 Å². The van der Waals surface area contributed by atoms with E-state index in [2.05, 4.69) is 10.6 Å². The first kappa shape index (κ1) is 12.2. The summed E-state index contributed by atoms with van der Waals surface area (Å²) in [5.41, 5.74) is 0. The van der Waals surface area contributed by atoms with E-state index in [1.165, 1.54) is 32.1 Å². The van der Waals surface area contributed by atoms with Gasteiger partial charge in [0.1, 0.15) is 0 Å². The molecule has 2 nitrogen and oxygen atoms in total. The summed E-state index contributed by atoms with van der Waals surface area (Å²) in [6.07, 6.45) is 4.99. The van der Waals surface area contributed by atoms with Crippen LogP contribution < -0.4 is 10.6 Å². The van der Waals surface area contributed by atoms with Gasteiger partial charge in [0.15, 0.2) is 0 Å². The van der Waals surface area contributed by atoms with Crippen LogP contribution in [0.3, 0.4) is 0 Å². The molecule has 2 N–H and O–H groups in total. The molecule has 0 aromatic heterocycles. The highest BCUT2D eigenvalue weighted by atomic mass is 19.3. The number of piperidine rings is 1. The summed E-state index contributed by atoms with van der Waals surface area (Å²) in [6, 6.07) is 0.871. The Morgan fingerprint density at radius 2 is 2.00 bits per heavy atom. The Kier molecular flexibility index (Phi) is 4.53. The minimum absolute atomic E-state index is 0.145. The lowest BCUT2D eigenvalue weighted by molar-refractivity contribution is 0.134. The molecule has 0 radical (unpaired) electrons. The maximum Gasteiger partial charge on any atom is 0.250 e. The third-order valence-electron chi connectivity index (χ3n) is 3.97. The Bertz CT molecular complexity index is 205. The van der Waals surface area contributed by atoms with Crippen LogP contribution in [0.25, 0.3) is 0 Å². The fourth-order valence-corrected chi connectivity index (χ4v) is 3.21. The molecule has 0 aromatic carbocycles. The summed E-state index contributed by atoms with van der Waals surface area (Å²) in [5.74, 6) is 0.569. The summed E-state index contributed by atoms with van der Waals surface area (Å²) >= 11 is 0. The van der Waals surface area contributed by atoms with Crippen LogP contribution in [0.15, 0.2) is 0 Å². The van der Waals surface area contributed by atoms with E-state index in [-0.39, 0.29) is 6.54 Å². The Labute approximate surface area is 96.2 Å². The quantitative estimate of drug-likeness (QED) is 0.776. The van der Waals surface area contributed by atoms with E-state index in [0.717, 1.165) is 13.0 Å². The summed E-state index contributed by atoms with van der Waals surface area (Å²) in [6.45, 7) is 0.955. The van der Waals surface area contributed by atoms with Gasteiger partial charge < -0.3 is 10.6 Å². The normalized spacial score (nSPS) is 35.8. The molecule has 0 aromatic rings. The minimum atomic E-state index is -2.22. The first-order chi connectivity index (χ1) is 7.77. The second kappa shape index (κ2) is 5.92. The summed E-state index contributed by atoms with van der Waals surface area (Å²) in [4.78, 5) is 0. The fourth-order valence-electron chi connectivity index (χ4n) is 3.21. The Hall–Kier alpha value is -0.220. The van der Waals surface area contributed by atoms with Gasteiger partial charge in [-0.2, -0.15) is 0 Å². The molecule has 2 aliphatic rings. The van der Waals surface area contributed by atoms with Crippen LogP contribution in [0.4, 0.5) is 8.78 Å². The van der Waals surface area contributed by atoms with E-state index in [1.807, 2.05) is 0 Å². The molecule has 1 saturated heterocycles. The van der Waals surface area contributed by atoms with Gasteiger partial charge in [0.05, 0.1) is 6.54 Å². The van der Waals surface area contributed by atoms with Crippen molar-refractivity contribution < 1.29 is 8.78 Å². The van der Waals surface area contributed by atoms with Crippen LogP contribution >= 0.6 is 0 Å². The number of halogens is 2. The summed E-state index contributed by atoms with van der Waals surface area (Å²) < 4.78 is 24.4. The van der Waals surface area contributed by atoms with Crippen molar-refractivity contribution in [3.63, 3.8) is 0 Å². The lowest BCUT2D eigenvalue weighted by Crippen LogP contribution is -2.47. The van der Waals surface area contributed by atoms with Crippen LogP contribution in [0.1, 0.15) is 38.5 Å². The van der Waals surface area contributed by atoms with Crippen molar-refractivity contribution in [2.75, 3.05) is 13.1 Å². The zero-order valence-electron chi connectivity index (χ0n) is 9.72. The molecule has 4 heteroatoms. The highest BCUT2D eigenvalue weighted by Gasteiger charge is 2.34. The molecule has 2 rings (SSSR count). The van der Waals surface area contributed by atoms with E-state index in [9.17, 15) is 8.78 Å². The van der Waals surface area contributed by atoms with E-state index < -0.39 is 6.43 Å². The summed E-state index contributed by atoms with van der Waals surface area (Å²) in [5, 5.41) is 6.59. The lowest BCUT2D eigenvalue weighted by Gasteiger charge is -2.33. The molecular weight excluding hydrogens is 210 g/mol.